The second kappa shape index (κ2) is 6.06. The van der Waals surface area contributed by atoms with E-state index < -0.39 is 0 Å². The highest BCUT2D eigenvalue weighted by atomic mass is 14.3. The minimum atomic E-state index is 0.273. The molecule has 0 N–H and O–H groups in total. The van der Waals surface area contributed by atoms with Crippen molar-refractivity contribution in [1.82, 2.24) is 0 Å². The van der Waals surface area contributed by atoms with Gasteiger partial charge in [0.05, 0.1) is 22.3 Å². The fraction of sp³-hybridized carbons (Fsp3) is 0. The van der Waals surface area contributed by atoms with Gasteiger partial charge in [0.2, 0.25) is 0 Å². The van der Waals surface area contributed by atoms with Crippen LogP contribution in [0.2, 0.25) is 0 Å². The Morgan fingerprint density at radius 3 is 1.32 bits per heavy atom. The molecular formula is C18H8N4. The first-order valence-electron chi connectivity index (χ1n) is 6.22. The third kappa shape index (κ3) is 2.54. The molecule has 0 amide bonds. The fourth-order valence-electron chi connectivity index (χ4n) is 2.01. The van der Waals surface area contributed by atoms with Gasteiger partial charge < -0.3 is 0 Å². The zero-order valence-electron chi connectivity index (χ0n) is 11.5. The molecule has 0 bridgehead atoms. The van der Waals surface area contributed by atoms with Crippen molar-refractivity contribution in [3.8, 4) is 24.3 Å². The molecule has 2 aromatic rings. The maximum Gasteiger partial charge on any atom is 0.101 e. The number of hydrogen-bond donors (Lipinski definition) is 0. The van der Waals surface area contributed by atoms with Gasteiger partial charge in [0.15, 0.2) is 0 Å². The van der Waals surface area contributed by atoms with Crippen molar-refractivity contribution in [2.45, 2.75) is 0 Å². The molecule has 0 atom stereocenters. The van der Waals surface area contributed by atoms with E-state index in [0.717, 1.165) is 0 Å². The summed E-state index contributed by atoms with van der Waals surface area (Å²) in [7, 11) is 0. The first-order valence-corrected chi connectivity index (χ1v) is 6.22. The number of nitrogens with zero attached hydrogens (tertiary/aromatic N) is 4. The van der Waals surface area contributed by atoms with Crippen LogP contribution < -0.4 is 0 Å². The monoisotopic (exact) mass is 280 g/mol. The second-order valence-electron chi connectivity index (χ2n) is 4.45. The average molecular weight is 280 g/mol. The molecule has 4 heteroatoms. The molecule has 100 valence electrons. The molecule has 0 aliphatic heterocycles. The summed E-state index contributed by atoms with van der Waals surface area (Å²) in [5.74, 6) is 0. The molecule has 2 rings (SSSR count). The zero-order valence-corrected chi connectivity index (χ0v) is 11.5. The summed E-state index contributed by atoms with van der Waals surface area (Å²) >= 11 is 0. The smallest absolute Gasteiger partial charge is 0.101 e. The maximum absolute atomic E-state index is 9.07. The van der Waals surface area contributed by atoms with E-state index >= 15 is 0 Å². The number of rotatable bonds is 2. The van der Waals surface area contributed by atoms with Crippen LogP contribution in [0.25, 0.3) is 5.57 Å². The van der Waals surface area contributed by atoms with Gasteiger partial charge in [-0.05, 0) is 41.0 Å². The van der Waals surface area contributed by atoms with Crippen molar-refractivity contribution in [2.24, 2.45) is 0 Å². The van der Waals surface area contributed by atoms with Crippen molar-refractivity contribution in [3.05, 3.63) is 76.4 Å². The highest BCUT2D eigenvalue weighted by Gasteiger charge is 2.09. The number of benzene rings is 2. The predicted octanol–water partition coefficient (Wildman–Crippen LogP) is 3.23. The molecule has 2 aromatic carbocycles. The summed E-state index contributed by atoms with van der Waals surface area (Å²) in [4.78, 5) is 0. The van der Waals surface area contributed by atoms with Crippen LogP contribution in [-0.4, -0.2) is 0 Å². The van der Waals surface area contributed by atoms with Crippen LogP contribution in [0.3, 0.4) is 0 Å². The lowest BCUT2D eigenvalue weighted by molar-refractivity contribution is 1.40. The number of hydrogen-bond acceptors (Lipinski definition) is 4. The molecule has 22 heavy (non-hydrogen) atoms. The van der Waals surface area contributed by atoms with Crippen LogP contribution in [0, 0.1) is 45.3 Å². The van der Waals surface area contributed by atoms with Gasteiger partial charge in [-0.1, -0.05) is 18.7 Å². The third-order valence-electron chi connectivity index (χ3n) is 3.22. The van der Waals surface area contributed by atoms with Gasteiger partial charge in [0.1, 0.15) is 24.3 Å². The van der Waals surface area contributed by atoms with E-state index in [1.165, 1.54) is 0 Å². The van der Waals surface area contributed by atoms with Gasteiger partial charge in [0.25, 0.3) is 0 Å². The standard InChI is InChI=1S/C18H8N4/c1-12(13-2-4-15(8-19)17(6-13)10-21)14-3-5-16(9-20)18(7-14)11-22/h2-7H,1H2. The number of nitriles is 4. The Hall–Kier alpha value is -3.86. The van der Waals surface area contributed by atoms with Crippen molar-refractivity contribution in [1.29, 1.82) is 21.0 Å². The lowest BCUT2D eigenvalue weighted by Crippen LogP contribution is -1.92. The summed E-state index contributed by atoms with van der Waals surface area (Å²) in [5.41, 5.74) is 3.13. The molecule has 0 aromatic heterocycles. The minimum absolute atomic E-state index is 0.273. The van der Waals surface area contributed by atoms with Crippen molar-refractivity contribution >= 4 is 5.57 Å². The van der Waals surface area contributed by atoms with E-state index in [4.69, 9.17) is 21.0 Å². The van der Waals surface area contributed by atoms with Gasteiger partial charge in [0, 0.05) is 0 Å². The lowest BCUT2D eigenvalue weighted by atomic mass is 9.94. The van der Waals surface area contributed by atoms with Crippen LogP contribution in [0.5, 0.6) is 0 Å². The van der Waals surface area contributed by atoms with Crippen LogP contribution in [0.15, 0.2) is 43.0 Å². The van der Waals surface area contributed by atoms with Gasteiger partial charge >= 0.3 is 0 Å². The third-order valence-corrected chi connectivity index (χ3v) is 3.22. The van der Waals surface area contributed by atoms with Crippen LogP contribution in [-0.2, 0) is 0 Å². The summed E-state index contributed by atoms with van der Waals surface area (Å²) in [5, 5.41) is 36.0. The molecule has 0 aliphatic carbocycles. The first kappa shape index (κ1) is 14.5. The van der Waals surface area contributed by atoms with Crippen LogP contribution in [0.4, 0.5) is 0 Å². The average Bonchev–Trinajstić information content (AvgIpc) is 2.59. The first-order chi connectivity index (χ1) is 10.6. The highest BCUT2D eigenvalue weighted by molar-refractivity contribution is 5.80. The molecule has 0 aliphatic rings. The molecule has 0 fully saturated rings. The molecule has 0 unspecified atom stereocenters. The van der Waals surface area contributed by atoms with Crippen LogP contribution in [0.1, 0.15) is 33.4 Å². The largest absolute Gasteiger partial charge is 0.192 e. The SMILES string of the molecule is C=C(c1ccc(C#N)c(C#N)c1)c1ccc(C#N)c(C#N)c1. The molecule has 0 saturated heterocycles. The summed E-state index contributed by atoms with van der Waals surface area (Å²) in [6.07, 6.45) is 0. The predicted molar refractivity (Wildman–Crippen MR) is 79.9 cm³/mol. The molecule has 0 radical (unpaired) electrons. The van der Waals surface area contributed by atoms with Crippen molar-refractivity contribution < 1.29 is 0 Å². The Bertz CT molecular complexity index is 864. The molecule has 0 saturated carbocycles. The second-order valence-corrected chi connectivity index (χ2v) is 4.45. The van der Waals surface area contributed by atoms with E-state index in [1.54, 1.807) is 36.4 Å². The molecule has 0 heterocycles. The van der Waals surface area contributed by atoms with E-state index in [2.05, 4.69) is 6.58 Å². The normalized spacial score (nSPS) is 8.91. The summed E-state index contributed by atoms with van der Waals surface area (Å²) in [6.45, 7) is 3.97. The van der Waals surface area contributed by atoms with Gasteiger partial charge in [-0.2, -0.15) is 21.0 Å². The van der Waals surface area contributed by atoms with Gasteiger partial charge in [-0.25, -0.2) is 0 Å². The minimum Gasteiger partial charge on any atom is -0.192 e. The Morgan fingerprint density at radius 2 is 1.00 bits per heavy atom. The van der Waals surface area contributed by atoms with Gasteiger partial charge in [-0.15, -0.1) is 0 Å². The molecule has 0 spiro atoms. The van der Waals surface area contributed by atoms with E-state index in [-0.39, 0.29) is 11.1 Å². The van der Waals surface area contributed by atoms with Crippen molar-refractivity contribution in [2.75, 3.05) is 0 Å². The van der Waals surface area contributed by atoms with E-state index in [1.807, 2.05) is 24.3 Å². The lowest BCUT2D eigenvalue weighted by Gasteiger charge is -2.08. The fourth-order valence-corrected chi connectivity index (χ4v) is 2.01. The Labute approximate surface area is 128 Å². The maximum atomic E-state index is 9.07. The van der Waals surface area contributed by atoms with E-state index in [0.29, 0.717) is 27.8 Å². The van der Waals surface area contributed by atoms with Crippen LogP contribution >= 0.6 is 0 Å². The van der Waals surface area contributed by atoms with E-state index in [9.17, 15) is 0 Å². The Morgan fingerprint density at radius 1 is 0.636 bits per heavy atom. The Kier molecular flexibility index (Phi) is 4.01. The summed E-state index contributed by atoms with van der Waals surface area (Å²) < 4.78 is 0. The van der Waals surface area contributed by atoms with Gasteiger partial charge in [-0.3, -0.25) is 0 Å². The molecule has 4 nitrogen and oxygen atoms in total. The zero-order chi connectivity index (χ0) is 16.1. The summed E-state index contributed by atoms with van der Waals surface area (Å²) in [6, 6.07) is 17.6. The Balaban J connectivity index is 2.51. The highest BCUT2D eigenvalue weighted by Crippen LogP contribution is 2.25. The topological polar surface area (TPSA) is 95.2 Å². The van der Waals surface area contributed by atoms with Crippen molar-refractivity contribution in [3.63, 3.8) is 0 Å². The molecular weight excluding hydrogens is 272 g/mol. The quantitative estimate of drug-likeness (QED) is 0.843.